The number of hydrogen-bond acceptors (Lipinski definition) is 5. The minimum Gasteiger partial charge on any atom is -0.508 e. The van der Waals surface area contributed by atoms with Gasteiger partial charge in [0.05, 0.1) is 7.11 Å². The van der Waals surface area contributed by atoms with E-state index >= 15 is 0 Å². The molecule has 0 heterocycles. The van der Waals surface area contributed by atoms with Gasteiger partial charge in [0.25, 0.3) is 5.91 Å². The number of nitrogens with one attached hydrogen (secondary N) is 2. The lowest BCUT2D eigenvalue weighted by Crippen LogP contribution is -2.18. The van der Waals surface area contributed by atoms with E-state index in [0.717, 1.165) is 17.7 Å². The number of nitriles is 1. The summed E-state index contributed by atoms with van der Waals surface area (Å²) in [6.07, 6.45) is 2.13. The molecule has 0 aliphatic carbocycles. The summed E-state index contributed by atoms with van der Waals surface area (Å²) in [6.45, 7) is 0.574. The summed E-state index contributed by atoms with van der Waals surface area (Å²) in [4.78, 5) is 12.1. The summed E-state index contributed by atoms with van der Waals surface area (Å²) >= 11 is 0. The molecule has 0 aromatic heterocycles. The maximum absolute atomic E-state index is 12.1. The molecule has 2 rings (SSSR count). The van der Waals surface area contributed by atoms with Crippen LogP contribution in [0.5, 0.6) is 11.5 Å². The Morgan fingerprint density at radius 1 is 1.28 bits per heavy atom. The van der Waals surface area contributed by atoms with Gasteiger partial charge < -0.3 is 20.5 Å². The quantitative estimate of drug-likeness (QED) is 0.312. The number of phenols is 1. The minimum absolute atomic E-state index is 0.0290. The van der Waals surface area contributed by atoms with E-state index in [9.17, 15) is 9.90 Å². The Morgan fingerprint density at radius 3 is 2.72 bits per heavy atom. The monoisotopic (exact) mass is 337 g/mol. The molecule has 25 heavy (non-hydrogen) atoms. The molecule has 6 heteroatoms. The second kappa shape index (κ2) is 8.99. The average molecular weight is 337 g/mol. The molecule has 0 saturated carbocycles. The number of nitrogens with zero attached hydrogens (tertiary/aromatic N) is 1. The molecule has 2 aromatic carbocycles. The third-order valence-electron chi connectivity index (χ3n) is 3.43. The van der Waals surface area contributed by atoms with E-state index in [-0.39, 0.29) is 11.3 Å². The van der Waals surface area contributed by atoms with Gasteiger partial charge >= 0.3 is 0 Å². The van der Waals surface area contributed by atoms with Crippen LogP contribution >= 0.6 is 0 Å². The van der Waals surface area contributed by atoms with E-state index in [1.165, 1.54) is 18.3 Å². The molecular weight excluding hydrogens is 318 g/mol. The summed E-state index contributed by atoms with van der Waals surface area (Å²) in [5.41, 5.74) is 1.56. The normalized spacial score (nSPS) is 10.6. The van der Waals surface area contributed by atoms with Crippen LogP contribution in [0.2, 0.25) is 0 Å². The Kier molecular flexibility index (Phi) is 6.43. The smallest absolute Gasteiger partial charge is 0.267 e. The first kappa shape index (κ1) is 17.9. The lowest BCUT2D eigenvalue weighted by atomic mass is 10.1. The summed E-state index contributed by atoms with van der Waals surface area (Å²) in [7, 11) is 1.62. The molecule has 3 N–H and O–H groups in total. The second-order valence-corrected chi connectivity index (χ2v) is 5.23. The second-order valence-electron chi connectivity index (χ2n) is 5.23. The fourth-order valence-corrected chi connectivity index (χ4v) is 2.11. The average Bonchev–Trinajstić information content (AvgIpc) is 2.63. The van der Waals surface area contributed by atoms with Crippen molar-refractivity contribution in [3.05, 3.63) is 65.9 Å². The maximum atomic E-state index is 12.1. The Hall–Kier alpha value is -3.46. The zero-order chi connectivity index (χ0) is 18.1. The fourth-order valence-electron chi connectivity index (χ4n) is 2.11. The van der Waals surface area contributed by atoms with Gasteiger partial charge in [-0.3, -0.25) is 4.79 Å². The zero-order valence-corrected chi connectivity index (χ0v) is 13.8. The Bertz CT molecular complexity index is 792. The number of rotatable bonds is 7. The Labute approximate surface area is 146 Å². The molecular formula is C19H19N3O3. The van der Waals surface area contributed by atoms with Gasteiger partial charge in [0.1, 0.15) is 23.1 Å². The van der Waals surface area contributed by atoms with Gasteiger partial charge in [0.15, 0.2) is 0 Å². The molecule has 0 spiro atoms. The topological polar surface area (TPSA) is 94.4 Å². The number of amides is 1. The molecule has 0 unspecified atom stereocenters. The molecule has 0 aliphatic heterocycles. The Morgan fingerprint density at radius 2 is 2.04 bits per heavy atom. The molecule has 2 aromatic rings. The molecule has 0 radical (unpaired) electrons. The highest BCUT2D eigenvalue weighted by Gasteiger charge is 2.09. The number of benzene rings is 2. The number of phenolic OH excluding ortho intramolecular Hbond substituents is 1. The summed E-state index contributed by atoms with van der Waals surface area (Å²) in [6, 6.07) is 15.6. The van der Waals surface area contributed by atoms with E-state index in [4.69, 9.17) is 10.00 Å². The standard InChI is InChI=1S/C19H19N3O3/c1-25-18-4-2-3-14(11-18)9-10-21-13-15(12-20)19(24)22-16-5-7-17(23)8-6-16/h2-8,11,13,21,23H,9-10H2,1H3,(H,22,24)/b15-13-. The van der Waals surface area contributed by atoms with Gasteiger partial charge in [0, 0.05) is 18.4 Å². The first-order valence-electron chi connectivity index (χ1n) is 7.69. The lowest BCUT2D eigenvalue weighted by molar-refractivity contribution is -0.112. The van der Waals surface area contributed by atoms with Crippen molar-refractivity contribution >= 4 is 11.6 Å². The number of aromatic hydroxyl groups is 1. The van der Waals surface area contributed by atoms with E-state index in [0.29, 0.717) is 12.2 Å². The van der Waals surface area contributed by atoms with Crippen molar-refractivity contribution in [2.75, 3.05) is 19.0 Å². The lowest BCUT2D eigenvalue weighted by Gasteiger charge is -2.06. The van der Waals surface area contributed by atoms with Crippen LogP contribution < -0.4 is 15.4 Å². The van der Waals surface area contributed by atoms with E-state index in [1.54, 1.807) is 19.2 Å². The van der Waals surface area contributed by atoms with Crippen LogP contribution in [0.15, 0.2) is 60.3 Å². The number of anilines is 1. The van der Waals surface area contributed by atoms with Crippen LogP contribution in [0.4, 0.5) is 5.69 Å². The van der Waals surface area contributed by atoms with Crippen molar-refractivity contribution in [1.82, 2.24) is 5.32 Å². The number of ether oxygens (including phenoxy) is 1. The van der Waals surface area contributed by atoms with Crippen molar-refractivity contribution in [2.45, 2.75) is 6.42 Å². The molecule has 128 valence electrons. The van der Waals surface area contributed by atoms with Crippen molar-refractivity contribution < 1.29 is 14.6 Å². The van der Waals surface area contributed by atoms with Crippen molar-refractivity contribution in [3.8, 4) is 17.6 Å². The van der Waals surface area contributed by atoms with Crippen LogP contribution in [0, 0.1) is 11.3 Å². The van der Waals surface area contributed by atoms with Crippen molar-refractivity contribution in [1.29, 1.82) is 5.26 Å². The highest BCUT2D eigenvalue weighted by molar-refractivity contribution is 6.06. The molecule has 6 nitrogen and oxygen atoms in total. The predicted molar refractivity (Wildman–Crippen MR) is 95.1 cm³/mol. The Balaban J connectivity index is 1.87. The number of hydrogen-bond donors (Lipinski definition) is 3. The van der Waals surface area contributed by atoms with Crippen LogP contribution in [0.1, 0.15) is 5.56 Å². The number of carbonyl (C=O) groups excluding carboxylic acids is 1. The van der Waals surface area contributed by atoms with Gasteiger partial charge in [-0.2, -0.15) is 5.26 Å². The molecule has 0 fully saturated rings. The number of methoxy groups -OCH3 is 1. The van der Waals surface area contributed by atoms with Gasteiger partial charge in [-0.1, -0.05) is 12.1 Å². The van der Waals surface area contributed by atoms with Gasteiger partial charge in [0.2, 0.25) is 0 Å². The van der Waals surface area contributed by atoms with Crippen LogP contribution in [0.3, 0.4) is 0 Å². The molecule has 0 bridgehead atoms. The van der Waals surface area contributed by atoms with Crippen LogP contribution in [-0.4, -0.2) is 24.7 Å². The highest BCUT2D eigenvalue weighted by atomic mass is 16.5. The van der Waals surface area contributed by atoms with Crippen molar-refractivity contribution in [3.63, 3.8) is 0 Å². The van der Waals surface area contributed by atoms with E-state index < -0.39 is 5.91 Å². The van der Waals surface area contributed by atoms with E-state index in [1.807, 2.05) is 30.3 Å². The fraction of sp³-hybridized carbons (Fsp3) is 0.158. The SMILES string of the molecule is COc1cccc(CCN/C=C(/C#N)C(=O)Nc2ccc(O)cc2)c1. The largest absolute Gasteiger partial charge is 0.508 e. The minimum atomic E-state index is -0.512. The summed E-state index contributed by atoms with van der Waals surface area (Å²) in [5.74, 6) is 0.384. The third-order valence-corrected chi connectivity index (χ3v) is 3.43. The molecule has 1 amide bonds. The third kappa shape index (κ3) is 5.59. The van der Waals surface area contributed by atoms with Crippen LogP contribution in [0.25, 0.3) is 0 Å². The van der Waals surface area contributed by atoms with Gasteiger partial charge in [-0.15, -0.1) is 0 Å². The maximum Gasteiger partial charge on any atom is 0.267 e. The first-order valence-corrected chi connectivity index (χ1v) is 7.69. The molecule has 0 saturated heterocycles. The molecule has 0 atom stereocenters. The predicted octanol–water partition coefficient (Wildman–Crippen LogP) is 2.58. The van der Waals surface area contributed by atoms with Gasteiger partial charge in [-0.25, -0.2) is 0 Å². The number of carbonyl (C=O) groups is 1. The zero-order valence-electron chi connectivity index (χ0n) is 13.8. The van der Waals surface area contributed by atoms with Crippen LogP contribution in [-0.2, 0) is 11.2 Å². The first-order chi connectivity index (χ1) is 12.1. The summed E-state index contributed by atoms with van der Waals surface area (Å²) in [5, 5.41) is 23.9. The summed E-state index contributed by atoms with van der Waals surface area (Å²) < 4.78 is 5.17. The van der Waals surface area contributed by atoms with Gasteiger partial charge in [-0.05, 0) is 48.4 Å². The van der Waals surface area contributed by atoms with Crippen molar-refractivity contribution in [2.24, 2.45) is 0 Å². The highest BCUT2D eigenvalue weighted by Crippen LogP contribution is 2.14. The molecule has 0 aliphatic rings. The van der Waals surface area contributed by atoms with E-state index in [2.05, 4.69) is 10.6 Å².